The number of primary amides is 1. The van der Waals surface area contributed by atoms with Crippen LogP contribution in [0.4, 0.5) is 10.7 Å². The van der Waals surface area contributed by atoms with Gasteiger partial charge in [-0.2, -0.15) is 5.10 Å². The van der Waals surface area contributed by atoms with Crippen LogP contribution in [0.3, 0.4) is 0 Å². The van der Waals surface area contributed by atoms with Crippen LogP contribution in [0, 0.1) is 6.92 Å². The molecule has 12 nitrogen and oxygen atoms in total. The maximum absolute atomic E-state index is 13.0. The first-order valence-corrected chi connectivity index (χ1v) is 11.1. The summed E-state index contributed by atoms with van der Waals surface area (Å²) in [5.74, 6) is -0.768. The van der Waals surface area contributed by atoms with E-state index in [9.17, 15) is 14.4 Å². The lowest BCUT2D eigenvalue weighted by molar-refractivity contribution is 0.0533. The van der Waals surface area contributed by atoms with E-state index in [0.29, 0.717) is 23.4 Å². The number of aromatic nitrogens is 5. The zero-order valence-corrected chi connectivity index (χ0v) is 20.5. The van der Waals surface area contributed by atoms with Crippen LogP contribution < -0.4 is 16.4 Å². The first-order chi connectivity index (χ1) is 16.5. The Balaban J connectivity index is 1.83. The number of hydrogen-bond donors (Lipinski definition) is 3. The third-order valence-corrected chi connectivity index (χ3v) is 4.75. The van der Waals surface area contributed by atoms with Crippen LogP contribution in [0.25, 0.3) is 11.2 Å². The topological polar surface area (TPSA) is 159 Å². The molecular formula is C23H30N8O4. The van der Waals surface area contributed by atoms with Crippen molar-refractivity contribution < 1.29 is 19.1 Å². The summed E-state index contributed by atoms with van der Waals surface area (Å²) < 4.78 is 8.48. The molecule has 0 aromatic carbocycles. The molecule has 35 heavy (non-hydrogen) atoms. The highest BCUT2D eigenvalue weighted by molar-refractivity contribution is 6.03. The molecule has 4 N–H and O–H groups in total. The van der Waals surface area contributed by atoms with Crippen molar-refractivity contribution >= 4 is 35.0 Å². The molecule has 3 aromatic heterocycles. The van der Waals surface area contributed by atoms with Gasteiger partial charge in [-0.15, -0.1) is 0 Å². The Morgan fingerprint density at radius 1 is 1.20 bits per heavy atom. The van der Waals surface area contributed by atoms with Crippen LogP contribution in [-0.2, 0) is 17.8 Å². The Kier molecular flexibility index (Phi) is 7.52. The number of alkyl carbamates (subject to hydrolysis) is 1. The lowest BCUT2D eigenvalue weighted by atomic mass is 10.2. The summed E-state index contributed by atoms with van der Waals surface area (Å²) in [5, 5.41) is 9.75. The highest BCUT2D eigenvalue weighted by atomic mass is 16.6. The number of rotatable bonds is 8. The molecule has 3 amide bonds. The number of aryl methyl sites for hydroxylation is 2. The Morgan fingerprint density at radius 2 is 1.94 bits per heavy atom. The molecule has 186 valence electrons. The standard InChI is InChI=1S/C23H30N8O4/c1-6-31-17(11-14(2)29-31)20(33)28-21-27-16-12-15(18(24)32)13-26-19(16)30(21)10-8-7-9-25-22(34)35-23(3,4)5/h7-8,11-13H,6,9-10H2,1-5H3,(H2,24,32)(H,25,34)(H,27,28,33). The summed E-state index contributed by atoms with van der Waals surface area (Å²) in [6, 6.07) is 3.21. The third kappa shape index (κ3) is 6.43. The molecule has 0 atom stereocenters. The fraction of sp³-hybridized carbons (Fsp3) is 0.391. The summed E-state index contributed by atoms with van der Waals surface area (Å²) in [5.41, 5.74) is 6.96. The fourth-order valence-corrected chi connectivity index (χ4v) is 3.27. The van der Waals surface area contributed by atoms with E-state index in [1.807, 2.05) is 13.8 Å². The Morgan fingerprint density at radius 3 is 2.60 bits per heavy atom. The normalized spacial score (nSPS) is 11.7. The third-order valence-electron chi connectivity index (χ3n) is 4.75. The molecule has 0 saturated heterocycles. The maximum Gasteiger partial charge on any atom is 0.407 e. The number of amides is 3. The average Bonchev–Trinajstić information content (AvgIpc) is 3.31. The summed E-state index contributed by atoms with van der Waals surface area (Å²) in [4.78, 5) is 45.1. The van der Waals surface area contributed by atoms with E-state index in [2.05, 4.69) is 25.7 Å². The van der Waals surface area contributed by atoms with Gasteiger partial charge in [-0.25, -0.2) is 14.8 Å². The van der Waals surface area contributed by atoms with Gasteiger partial charge in [-0.05, 0) is 46.8 Å². The van der Waals surface area contributed by atoms with E-state index in [0.717, 1.165) is 5.69 Å². The van der Waals surface area contributed by atoms with E-state index in [1.54, 1.807) is 48.2 Å². The van der Waals surface area contributed by atoms with E-state index in [1.165, 1.54) is 12.3 Å². The van der Waals surface area contributed by atoms with E-state index in [4.69, 9.17) is 10.5 Å². The van der Waals surface area contributed by atoms with Crippen molar-refractivity contribution in [2.75, 3.05) is 11.9 Å². The number of anilines is 1. The SMILES string of the molecule is CCn1nc(C)cc1C(=O)Nc1nc2cc(C(N)=O)cnc2n1CC=CCNC(=O)OC(C)(C)C. The molecule has 0 unspecified atom stereocenters. The number of nitrogens with one attached hydrogen (secondary N) is 2. The van der Waals surface area contributed by atoms with Crippen LogP contribution in [-0.4, -0.2) is 54.4 Å². The summed E-state index contributed by atoms with van der Waals surface area (Å²) in [7, 11) is 0. The second-order valence-corrected chi connectivity index (χ2v) is 8.77. The van der Waals surface area contributed by atoms with Gasteiger partial charge in [0.2, 0.25) is 11.9 Å². The van der Waals surface area contributed by atoms with Gasteiger partial charge in [0.05, 0.1) is 11.3 Å². The van der Waals surface area contributed by atoms with Crippen molar-refractivity contribution in [1.82, 2.24) is 29.6 Å². The van der Waals surface area contributed by atoms with Crippen LogP contribution in [0.5, 0.6) is 0 Å². The number of carbonyl (C=O) groups is 3. The second-order valence-electron chi connectivity index (χ2n) is 8.77. The molecule has 0 radical (unpaired) electrons. The van der Waals surface area contributed by atoms with Crippen LogP contribution in [0.1, 0.15) is 54.2 Å². The van der Waals surface area contributed by atoms with Gasteiger partial charge in [0, 0.05) is 25.8 Å². The summed E-state index contributed by atoms with van der Waals surface area (Å²) in [6.07, 6.45) is 4.37. The smallest absolute Gasteiger partial charge is 0.407 e. The van der Waals surface area contributed by atoms with Gasteiger partial charge in [-0.1, -0.05) is 12.2 Å². The van der Waals surface area contributed by atoms with Crippen molar-refractivity contribution in [3.05, 3.63) is 47.4 Å². The van der Waals surface area contributed by atoms with Gasteiger partial charge >= 0.3 is 6.09 Å². The molecule has 3 aromatic rings. The number of ether oxygens (including phenoxy) is 1. The van der Waals surface area contributed by atoms with E-state index in [-0.39, 0.29) is 30.5 Å². The van der Waals surface area contributed by atoms with Gasteiger partial charge in [0.15, 0.2) is 5.65 Å². The zero-order valence-electron chi connectivity index (χ0n) is 20.5. The lowest BCUT2D eigenvalue weighted by Crippen LogP contribution is -2.32. The van der Waals surface area contributed by atoms with E-state index >= 15 is 0 Å². The first kappa shape index (κ1) is 25.4. The molecule has 12 heteroatoms. The Hall–Kier alpha value is -4.22. The molecule has 0 saturated carbocycles. The highest BCUT2D eigenvalue weighted by Crippen LogP contribution is 2.20. The van der Waals surface area contributed by atoms with Gasteiger partial charge < -0.3 is 15.8 Å². The number of nitrogens with zero attached hydrogens (tertiary/aromatic N) is 5. The van der Waals surface area contributed by atoms with E-state index < -0.39 is 17.6 Å². The molecule has 0 aliphatic heterocycles. The quantitative estimate of drug-likeness (QED) is 0.416. The van der Waals surface area contributed by atoms with Crippen LogP contribution in [0.15, 0.2) is 30.5 Å². The van der Waals surface area contributed by atoms with Gasteiger partial charge in [0.1, 0.15) is 16.8 Å². The molecule has 3 heterocycles. The molecule has 0 bridgehead atoms. The van der Waals surface area contributed by atoms with Crippen molar-refractivity contribution in [2.45, 2.75) is 53.3 Å². The number of allylic oxidation sites excluding steroid dienone is 1. The highest BCUT2D eigenvalue weighted by Gasteiger charge is 2.19. The minimum Gasteiger partial charge on any atom is -0.444 e. The molecular weight excluding hydrogens is 452 g/mol. The minimum atomic E-state index is -0.630. The Labute approximate surface area is 202 Å². The number of hydrogen-bond acceptors (Lipinski definition) is 7. The zero-order chi connectivity index (χ0) is 25.8. The van der Waals surface area contributed by atoms with Crippen molar-refractivity contribution in [1.29, 1.82) is 0 Å². The molecule has 0 spiro atoms. The maximum atomic E-state index is 13.0. The lowest BCUT2D eigenvalue weighted by Gasteiger charge is -2.19. The number of carbonyl (C=O) groups excluding carboxylic acids is 3. The predicted molar refractivity (Wildman–Crippen MR) is 130 cm³/mol. The average molecular weight is 483 g/mol. The number of imidazole rings is 1. The summed E-state index contributed by atoms with van der Waals surface area (Å²) >= 11 is 0. The van der Waals surface area contributed by atoms with Crippen molar-refractivity contribution in [2.24, 2.45) is 5.73 Å². The molecule has 0 aliphatic rings. The first-order valence-electron chi connectivity index (χ1n) is 11.1. The number of fused-ring (bicyclic) bond motifs is 1. The Bertz CT molecular complexity index is 1280. The largest absolute Gasteiger partial charge is 0.444 e. The van der Waals surface area contributed by atoms with Gasteiger partial charge in [-0.3, -0.25) is 24.2 Å². The number of pyridine rings is 1. The second kappa shape index (κ2) is 10.4. The van der Waals surface area contributed by atoms with Gasteiger partial charge in [0.25, 0.3) is 5.91 Å². The van der Waals surface area contributed by atoms with Crippen molar-refractivity contribution in [3.63, 3.8) is 0 Å². The monoisotopic (exact) mass is 482 g/mol. The number of nitrogens with two attached hydrogens (primary N) is 1. The molecule has 3 rings (SSSR count). The summed E-state index contributed by atoms with van der Waals surface area (Å²) in [6.45, 7) is 10.1. The van der Waals surface area contributed by atoms with Crippen molar-refractivity contribution in [3.8, 4) is 0 Å². The van der Waals surface area contributed by atoms with Crippen LogP contribution >= 0.6 is 0 Å². The fourth-order valence-electron chi connectivity index (χ4n) is 3.27. The minimum absolute atomic E-state index is 0.205. The molecule has 0 aliphatic carbocycles. The predicted octanol–water partition coefficient (Wildman–Crippen LogP) is 2.39. The molecule has 0 fully saturated rings. The van der Waals surface area contributed by atoms with Crippen LogP contribution in [0.2, 0.25) is 0 Å².